The molecule has 4 heteroatoms. The summed E-state index contributed by atoms with van der Waals surface area (Å²) < 4.78 is 0. The maximum atomic E-state index is 10.5. The number of hydrogen-bond donors (Lipinski definition) is 3. The first kappa shape index (κ1) is 12.5. The van der Waals surface area contributed by atoms with Gasteiger partial charge in [0.15, 0.2) is 0 Å². The molecule has 4 nitrogen and oxygen atoms in total. The molecule has 0 aliphatic carbocycles. The summed E-state index contributed by atoms with van der Waals surface area (Å²) in [6, 6.07) is -0.668. The molecule has 88 valence electrons. The molecule has 1 rings (SSSR count). The Labute approximate surface area is 91.2 Å². The minimum atomic E-state index is -0.878. The Balaban J connectivity index is 1.98. The van der Waals surface area contributed by atoms with Gasteiger partial charge in [-0.15, -0.1) is 0 Å². The van der Waals surface area contributed by atoms with Crippen molar-refractivity contribution < 1.29 is 9.90 Å². The van der Waals surface area contributed by atoms with E-state index in [4.69, 9.17) is 10.8 Å². The standard InChI is InChI=1S/C11H22N2O2/c12-10(11(14)15)4-2-1-3-9-5-7-13-8-6-9/h9-10,13H,1-8,12H2,(H,14,15)/t10-/m0/s1. The Morgan fingerprint density at radius 1 is 1.40 bits per heavy atom. The van der Waals surface area contributed by atoms with Crippen molar-refractivity contribution in [3.63, 3.8) is 0 Å². The summed E-state index contributed by atoms with van der Waals surface area (Å²) in [5, 5.41) is 11.9. The van der Waals surface area contributed by atoms with E-state index in [0.29, 0.717) is 6.42 Å². The van der Waals surface area contributed by atoms with Crippen LogP contribution >= 0.6 is 0 Å². The van der Waals surface area contributed by atoms with E-state index in [1.807, 2.05) is 0 Å². The zero-order chi connectivity index (χ0) is 11.1. The van der Waals surface area contributed by atoms with E-state index in [0.717, 1.165) is 31.8 Å². The molecule has 1 fully saturated rings. The second-order valence-electron chi connectivity index (χ2n) is 4.42. The van der Waals surface area contributed by atoms with Crippen LogP contribution in [0.5, 0.6) is 0 Å². The number of rotatable bonds is 6. The van der Waals surface area contributed by atoms with Gasteiger partial charge in [-0.1, -0.05) is 19.3 Å². The van der Waals surface area contributed by atoms with E-state index in [-0.39, 0.29) is 0 Å². The average Bonchev–Trinajstić information content (AvgIpc) is 2.25. The fraction of sp³-hybridized carbons (Fsp3) is 0.909. The summed E-state index contributed by atoms with van der Waals surface area (Å²) in [6.45, 7) is 2.28. The first-order chi connectivity index (χ1) is 7.20. The van der Waals surface area contributed by atoms with Crippen LogP contribution < -0.4 is 11.1 Å². The zero-order valence-electron chi connectivity index (χ0n) is 9.24. The number of aliphatic carboxylic acids is 1. The highest BCUT2D eigenvalue weighted by Gasteiger charge is 2.14. The molecule has 1 aliphatic rings. The molecule has 0 unspecified atom stereocenters. The third kappa shape index (κ3) is 5.14. The van der Waals surface area contributed by atoms with Crippen LogP contribution in [-0.4, -0.2) is 30.2 Å². The molecule has 0 aromatic carbocycles. The Kier molecular flexibility index (Phi) is 5.65. The molecule has 0 amide bonds. The predicted octanol–water partition coefficient (Wildman–Crippen LogP) is 0.958. The molecule has 1 saturated heterocycles. The maximum Gasteiger partial charge on any atom is 0.320 e. The molecule has 0 spiro atoms. The van der Waals surface area contributed by atoms with E-state index in [1.165, 1.54) is 19.3 Å². The number of hydrogen-bond acceptors (Lipinski definition) is 3. The van der Waals surface area contributed by atoms with Crippen LogP contribution in [0.2, 0.25) is 0 Å². The largest absolute Gasteiger partial charge is 0.480 e. The predicted molar refractivity (Wildman–Crippen MR) is 59.7 cm³/mol. The number of carboxylic acid groups (broad SMARTS) is 1. The van der Waals surface area contributed by atoms with Crippen molar-refractivity contribution in [2.24, 2.45) is 11.7 Å². The number of unbranched alkanes of at least 4 members (excludes halogenated alkanes) is 1. The van der Waals surface area contributed by atoms with Gasteiger partial charge in [-0.05, 0) is 38.3 Å². The fourth-order valence-corrected chi connectivity index (χ4v) is 2.09. The first-order valence-electron chi connectivity index (χ1n) is 5.89. The molecule has 15 heavy (non-hydrogen) atoms. The van der Waals surface area contributed by atoms with E-state index >= 15 is 0 Å². The van der Waals surface area contributed by atoms with Crippen LogP contribution in [0.15, 0.2) is 0 Å². The van der Waals surface area contributed by atoms with Gasteiger partial charge >= 0.3 is 5.97 Å². The lowest BCUT2D eigenvalue weighted by Crippen LogP contribution is -2.30. The van der Waals surface area contributed by atoms with Gasteiger partial charge in [-0.2, -0.15) is 0 Å². The smallest absolute Gasteiger partial charge is 0.320 e. The summed E-state index contributed by atoms with van der Waals surface area (Å²) in [5.74, 6) is -0.0378. The molecule has 0 bridgehead atoms. The molecule has 4 N–H and O–H groups in total. The topological polar surface area (TPSA) is 75.3 Å². The van der Waals surface area contributed by atoms with E-state index < -0.39 is 12.0 Å². The van der Waals surface area contributed by atoms with Crippen molar-refractivity contribution >= 4 is 5.97 Å². The lowest BCUT2D eigenvalue weighted by molar-refractivity contribution is -0.138. The molecule has 1 aliphatic heterocycles. The van der Waals surface area contributed by atoms with Crippen LogP contribution in [0.3, 0.4) is 0 Å². The highest BCUT2D eigenvalue weighted by atomic mass is 16.4. The molecule has 0 aromatic rings. The van der Waals surface area contributed by atoms with Gasteiger partial charge in [0.2, 0.25) is 0 Å². The molecular formula is C11H22N2O2. The Bertz CT molecular complexity index is 191. The maximum absolute atomic E-state index is 10.5. The van der Waals surface area contributed by atoms with Gasteiger partial charge in [-0.3, -0.25) is 4.79 Å². The zero-order valence-corrected chi connectivity index (χ0v) is 9.24. The molecular weight excluding hydrogens is 192 g/mol. The minimum absolute atomic E-state index is 0.611. The van der Waals surface area contributed by atoms with Gasteiger partial charge in [-0.25, -0.2) is 0 Å². The van der Waals surface area contributed by atoms with Gasteiger partial charge in [0.25, 0.3) is 0 Å². The SMILES string of the molecule is N[C@@H](CCCCC1CCNCC1)C(=O)O. The first-order valence-corrected chi connectivity index (χ1v) is 5.89. The quantitative estimate of drug-likeness (QED) is 0.576. The van der Waals surface area contributed by atoms with Crippen molar-refractivity contribution in [3.05, 3.63) is 0 Å². The Morgan fingerprint density at radius 2 is 2.07 bits per heavy atom. The molecule has 0 saturated carbocycles. The lowest BCUT2D eigenvalue weighted by Gasteiger charge is -2.22. The summed E-state index contributed by atoms with van der Waals surface area (Å²) in [6.07, 6.45) is 6.44. The number of nitrogens with two attached hydrogens (primary N) is 1. The van der Waals surface area contributed by atoms with Gasteiger partial charge in [0, 0.05) is 0 Å². The third-order valence-electron chi connectivity index (χ3n) is 3.15. The van der Waals surface area contributed by atoms with E-state index in [1.54, 1.807) is 0 Å². The fourth-order valence-electron chi connectivity index (χ4n) is 2.09. The number of piperidine rings is 1. The molecule has 0 aromatic heterocycles. The normalized spacial score (nSPS) is 20.1. The van der Waals surface area contributed by atoms with Crippen LogP contribution in [-0.2, 0) is 4.79 Å². The van der Waals surface area contributed by atoms with Crippen LogP contribution in [0, 0.1) is 5.92 Å². The Morgan fingerprint density at radius 3 is 2.67 bits per heavy atom. The van der Waals surface area contributed by atoms with Crippen LogP contribution in [0.25, 0.3) is 0 Å². The van der Waals surface area contributed by atoms with Crippen molar-refractivity contribution in [2.75, 3.05) is 13.1 Å². The van der Waals surface area contributed by atoms with Gasteiger partial charge in [0.1, 0.15) is 6.04 Å². The second kappa shape index (κ2) is 6.80. The molecule has 1 heterocycles. The Hall–Kier alpha value is -0.610. The van der Waals surface area contributed by atoms with Gasteiger partial charge in [0.05, 0.1) is 0 Å². The number of nitrogens with one attached hydrogen (secondary N) is 1. The number of carboxylic acids is 1. The van der Waals surface area contributed by atoms with E-state index in [9.17, 15) is 4.79 Å². The number of carbonyl (C=O) groups is 1. The van der Waals surface area contributed by atoms with Crippen LogP contribution in [0.4, 0.5) is 0 Å². The average molecular weight is 214 g/mol. The summed E-state index contributed by atoms with van der Waals surface area (Å²) >= 11 is 0. The van der Waals surface area contributed by atoms with Crippen molar-refractivity contribution in [3.8, 4) is 0 Å². The molecule has 0 radical (unpaired) electrons. The van der Waals surface area contributed by atoms with Gasteiger partial charge < -0.3 is 16.2 Å². The second-order valence-corrected chi connectivity index (χ2v) is 4.42. The highest BCUT2D eigenvalue weighted by Crippen LogP contribution is 2.19. The van der Waals surface area contributed by atoms with E-state index in [2.05, 4.69) is 5.32 Å². The highest BCUT2D eigenvalue weighted by molar-refractivity contribution is 5.72. The van der Waals surface area contributed by atoms with Crippen LogP contribution in [0.1, 0.15) is 38.5 Å². The lowest BCUT2D eigenvalue weighted by atomic mass is 9.92. The monoisotopic (exact) mass is 214 g/mol. The summed E-state index contributed by atoms with van der Waals surface area (Å²) in [4.78, 5) is 10.5. The third-order valence-corrected chi connectivity index (χ3v) is 3.15. The minimum Gasteiger partial charge on any atom is -0.480 e. The van der Waals surface area contributed by atoms with Crippen molar-refractivity contribution in [2.45, 2.75) is 44.6 Å². The molecule has 1 atom stereocenters. The van der Waals surface area contributed by atoms with Crippen molar-refractivity contribution in [1.29, 1.82) is 0 Å². The summed E-state index contributed by atoms with van der Waals surface area (Å²) in [7, 11) is 0. The summed E-state index contributed by atoms with van der Waals surface area (Å²) in [5.41, 5.74) is 5.43. The van der Waals surface area contributed by atoms with Crippen molar-refractivity contribution in [1.82, 2.24) is 5.32 Å².